The normalized spacial score (nSPS) is 15.7. The van der Waals surface area contributed by atoms with Crippen molar-refractivity contribution in [1.82, 2.24) is 0 Å². The Labute approximate surface area is 136 Å². The fraction of sp³-hybridized carbons (Fsp3) is 0.500. The highest BCUT2D eigenvalue weighted by molar-refractivity contribution is 6.09. The van der Waals surface area contributed by atoms with Crippen molar-refractivity contribution in [1.29, 1.82) is 5.26 Å². The molecule has 0 aliphatic heterocycles. The molecule has 5 nitrogen and oxygen atoms in total. The number of nitrogens with one attached hydrogen (secondary N) is 1. The van der Waals surface area contributed by atoms with E-state index >= 15 is 0 Å². The molecule has 122 valence electrons. The molecule has 0 heterocycles. The van der Waals surface area contributed by atoms with Crippen molar-refractivity contribution in [2.45, 2.75) is 39.0 Å². The number of carbonyl (C=O) groups is 2. The fourth-order valence-corrected chi connectivity index (χ4v) is 2.95. The van der Waals surface area contributed by atoms with Gasteiger partial charge in [-0.1, -0.05) is 37.8 Å². The van der Waals surface area contributed by atoms with Crippen LogP contribution < -0.4 is 10.1 Å². The number of carbonyl (C=O) groups excluding carboxylic acids is 2. The molecule has 1 aromatic rings. The summed E-state index contributed by atoms with van der Waals surface area (Å²) in [5.74, 6) is -1.27. The van der Waals surface area contributed by atoms with E-state index in [0.29, 0.717) is 30.4 Å². The van der Waals surface area contributed by atoms with Crippen LogP contribution in [-0.4, -0.2) is 18.3 Å². The highest BCUT2D eigenvalue weighted by Gasteiger charge is 2.29. The summed E-state index contributed by atoms with van der Waals surface area (Å²) >= 11 is 0. The quantitative estimate of drug-likeness (QED) is 0.783. The fourth-order valence-electron chi connectivity index (χ4n) is 2.95. The number of amides is 1. The maximum Gasteiger partial charge on any atom is 0.249 e. The van der Waals surface area contributed by atoms with E-state index in [1.165, 1.54) is 0 Å². The molecule has 1 aliphatic rings. The third-order valence-corrected chi connectivity index (χ3v) is 4.12. The number of benzene rings is 1. The lowest BCUT2D eigenvalue weighted by molar-refractivity contribution is -0.129. The Morgan fingerprint density at radius 2 is 2.04 bits per heavy atom. The van der Waals surface area contributed by atoms with E-state index in [9.17, 15) is 14.9 Å². The summed E-state index contributed by atoms with van der Waals surface area (Å²) in [6.07, 6.45) is 4.60. The number of nitriles is 1. The molecule has 0 aromatic heterocycles. The van der Waals surface area contributed by atoms with E-state index in [0.717, 1.165) is 25.7 Å². The van der Waals surface area contributed by atoms with Crippen LogP contribution in [0.5, 0.6) is 5.75 Å². The Hall–Kier alpha value is -2.35. The summed E-state index contributed by atoms with van der Waals surface area (Å²) in [5.41, 5.74) is 0.480. The summed E-state index contributed by atoms with van der Waals surface area (Å²) in [4.78, 5) is 24.6. The van der Waals surface area contributed by atoms with E-state index in [4.69, 9.17) is 4.74 Å². The van der Waals surface area contributed by atoms with Crippen LogP contribution in [-0.2, 0) is 9.59 Å². The van der Waals surface area contributed by atoms with Crippen LogP contribution in [0, 0.1) is 23.2 Å². The third kappa shape index (κ3) is 4.56. The lowest BCUT2D eigenvalue weighted by Gasteiger charge is -2.14. The molecule has 1 aromatic carbocycles. The number of anilines is 1. The molecule has 1 amide bonds. The second-order valence-electron chi connectivity index (χ2n) is 5.80. The standard InChI is InChI=1S/C18H22N2O3/c1-2-23-17-10-6-5-9-15(17)20-18(22)14(12-19)16(21)11-13-7-3-4-8-13/h5-6,9-10,13-14H,2-4,7-8,11H2,1H3,(H,20,22). The van der Waals surface area contributed by atoms with E-state index in [1.807, 2.05) is 13.0 Å². The number of nitrogens with zero attached hydrogens (tertiary/aromatic N) is 1. The van der Waals surface area contributed by atoms with Gasteiger partial charge in [-0.25, -0.2) is 0 Å². The Morgan fingerprint density at radius 1 is 1.35 bits per heavy atom. The lowest BCUT2D eigenvalue weighted by atomic mass is 9.93. The van der Waals surface area contributed by atoms with Gasteiger partial charge in [0, 0.05) is 6.42 Å². The molecule has 1 fully saturated rings. The molecule has 0 saturated heterocycles. The Balaban J connectivity index is 2.02. The van der Waals surface area contributed by atoms with Gasteiger partial charge in [0.05, 0.1) is 18.4 Å². The van der Waals surface area contributed by atoms with Crippen LogP contribution >= 0.6 is 0 Å². The van der Waals surface area contributed by atoms with Crippen molar-refractivity contribution in [3.05, 3.63) is 24.3 Å². The molecule has 1 aliphatic carbocycles. The maximum absolute atomic E-state index is 12.3. The van der Waals surface area contributed by atoms with Gasteiger partial charge in [-0.3, -0.25) is 9.59 Å². The number of hydrogen-bond donors (Lipinski definition) is 1. The highest BCUT2D eigenvalue weighted by atomic mass is 16.5. The number of ketones is 1. The van der Waals surface area contributed by atoms with Gasteiger partial charge < -0.3 is 10.1 Å². The summed E-state index contributed by atoms with van der Waals surface area (Å²) < 4.78 is 5.44. The minimum Gasteiger partial charge on any atom is -0.492 e. The van der Waals surface area contributed by atoms with E-state index in [2.05, 4.69) is 5.32 Å². The summed E-state index contributed by atoms with van der Waals surface area (Å²) in [6, 6.07) is 8.84. The predicted molar refractivity (Wildman–Crippen MR) is 86.9 cm³/mol. The van der Waals surface area contributed by atoms with Gasteiger partial charge in [0.2, 0.25) is 5.91 Å². The van der Waals surface area contributed by atoms with Crippen molar-refractivity contribution in [3.8, 4) is 11.8 Å². The first-order valence-electron chi connectivity index (χ1n) is 8.10. The zero-order valence-corrected chi connectivity index (χ0v) is 13.4. The third-order valence-electron chi connectivity index (χ3n) is 4.12. The molecule has 23 heavy (non-hydrogen) atoms. The Bertz CT molecular complexity index is 601. The van der Waals surface area contributed by atoms with Crippen LogP contribution in [0.15, 0.2) is 24.3 Å². The average Bonchev–Trinajstić information content (AvgIpc) is 3.03. The first kappa shape index (κ1) is 17.0. The van der Waals surface area contributed by atoms with E-state index in [1.54, 1.807) is 24.3 Å². The van der Waals surface area contributed by atoms with Crippen molar-refractivity contribution in [2.24, 2.45) is 11.8 Å². The zero-order valence-electron chi connectivity index (χ0n) is 13.4. The smallest absolute Gasteiger partial charge is 0.249 e. The van der Waals surface area contributed by atoms with Crippen molar-refractivity contribution in [2.75, 3.05) is 11.9 Å². The molecule has 1 atom stereocenters. The second kappa shape index (κ2) is 8.33. The van der Waals surface area contributed by atoms with Gasteiger partial charge in [-0.15, -0.1) is 0 Å². The van der Waals surface area contributed by atoms with Crippen LogP contribution in [0.25, 0.3) is 0 Å². The second-order valence-corrected chi connectivity index (χ2v) is 5.80. The molecular formula is C18H22N2O3. The van der Waals surface area contributed by atoms with Gasteiger partial charge in [0.25, 0.3) is 0 Å². The topological polar surface area (TPSA) is 79.2 Å². The van der Waals surface area contributed by atoms with Gasteiger partial charge in [0.15, 0.2) is 11.7 Å². The number of hydrogen-bond acceptors (Lipinski definition) is 4. The minimum absolute atomic E-state index is 0.286. The Kier molecular flexibility index (Phi) is 6.16. The van der Waals surface area contributed by atoms with Crippen LogP contribution in [0.4, 0.5) is 5.69 Å². The van der Waals surface area contributed by atoms with Gasteiger partial charge >= 0.3 is 0 Å². The first-order chi connectivity index (χ1) is 11.2. The molecule has 0 spiro atoms. The molecule has 5 heteroatoms. The Morgan fingerprint density at radius 3 is 2.70 bits per heavy atom. The molecule has 1 saturated carbocycles. The number of para-hydroxylation sites is 2. The van der Waals surface area contributed by atoms with Crippen LogP contribution in [0.3, 0.4) is 0 Å². The molecule has 2 rings (SSSR count). The van der Waals surface area contributed by atoms with Crippen molar-refractivity contribution < 1.29 is 14.3 Å². The molecule has 1 unspecified atom stereocenters. The number of Topliss-reactive ketones (excluding diaryl/α,β-unsaturated/α-hetero) is 1. The van der Waals surface area contributed by atoms with Crippen LogP contribution in [0.1, 0.15) is 39.0 Å². The van der Waals surface area contributed by atoms with E-state index in [-0.39, 0.29) is 5.78 Å². The van der Waals surface area contributed by atoms with Gasteiger partial charge in [-0.05, 0) is 25.0 Å². The van der Waals surface area contributed by atoms with Gasteiger partial charge in [0.1, 0.15) is 5.75 Å². The van der Waals surface area contributed by atoms with E-state index < -0.39 is 11.8 Å². The first-order valence-corrected chi connectivity index (χ1v) is 8.10. The zero-order chi connectivity index (χ0) is 16.7. The predicted octanol–water partition coefficient (Wildman–Crippen LogP) is 3.31. The van der Waals surface area contributed by atoms with Crippen LogP contribution in [0.2, 0.25) is 0 Å². The largest absolute Gasteiger partial charge is 0.492 e. The summed E-state index contributed by atoms with van der Waals surface area (Å²) in [6.45, 7) is 2.32. The molecule has 0 bridgehead atoms. The summed E-state index contributed by atoms with van der Waals surface area (Å²) in [5, 5.41) is 11.9. The minimum atomic E-state index is -1.26. The molecular weight excluding hydrogens is 292 g/mol. The van der Waals surface area contributed by atoms with Crippen molar-refractivity contribution >= 4 is 17.4 Å². The number of ether oxygens (including phenoxy) is 1. The molecule has 1 N–H and O–H groups in total. The summed E-state index contributed by atoms with van der Waals surface area (Å²) in [7, 11) is 0. The SMILES string of the molecule is CCOc1ccccc1NC(=O)C(C#N)C(=O)CC1CCCC1. The monoisotopic (exact) mass is 314 g/mol. The maximum atomic E-state index is 12.3. The highest BCUT2D eigenvalue weighted by Crippen LogP contribution is 2.29. The number of rotatable bonds is 7. The van der Waals surface area contributed by atoms with Crippen molar-refractivity contribution in [3.63, 3.8) is 0 Å². The van der Waals surface area contributed by atoms with Gasteiger partial charge in [-0.2, -0.15) is 5.26 Å². The average molecular weight is 314 g/mol. The molecule has 0 radical (unpaired) electrons. The lowest BCUT2D eigenvalue weighted by Crippen LogP contribution is -2.29.